The molecule has 1 aromatic carbocycles. The second-order valence-electron chi connectivity index (χ2n) is 4.65. The Hall–Kier alpha value is -2.45. The molecule has 0 unspecified atom stereocenters. The molecule has 2 rings (SSSR count). The predicted octanol–water partition coefficient (Wildman–Crippen LogP) is -0.0601. The number of rotatable bonds is 5. The molecule has 0 atom stereocenters. The van der Waals surface area contributed by atoms with E-state index in [1.54, 1.807) is 18.2 Å². The second-order valence-corrected chi connectivity index (χ2v) is 6.21. The molecule has 8 heteroatoms. The van der Waals surface area contributed by atoms with Crippen molar-refractivity contribution in [1.82, 2.24) is 5.32 Å². The number of amides is 1. The van der Waals surface area contributed by atoms with Gasteiger partial charge in [-0.1, -0.05) is 12.1 Å². The number of benzene rings is 1. The van der Waals surface area contributed by atoms with Crippen molar-refractivity contribution in [1.29, 1.82) is 0 Å². The maximum Gasteiger partial charge on any atom is 0.257 e. The number of sulfonamides is 1. The summed E-state index contributed by atoms with van der Waals surface area (Å²) >= 11 is 0. The fraction of sp³-hybridized carbons (Fsp3) is 0.143. The quantitative estimate of drug-likeness (QED) is 0.592. The molecule has 22 heavy (non-hydrogen) atoms. The minimum atomic E-state index is -3.70. The zero-order valence-corrected chi connectivity index (χ0v) is 12.4. The molecule has 116 valence electrons. The van der Waals surface area contributed by atoms with Crippen molar-refractivity contribution in [3.05, 3.63) is 65.1 Å². The Balaban J connectivity index is 1.90. The molecule has 1 amide bonds. The number of hydrogen-bond acceptors (Lipinski definition) is 4. The van der Waals surface area contributed by atoms with Crippen molar-refractivity contribution >= 4 is 15.9 Å². The van der Waals surface area contributed by atoms with Gasteiger partial charge in [0.15, 0.2) is 12.4 Å². The summed E-state index contributed by atoms with van der Waals surface area (Å²) in [6, 6.07) is 9.16. The first-order chi connectivity index (χ1) is 10.4. The molecular formula is C14H15N3O4S. The highest BCUT2D eigenvalue weighted by Gasteiger charge is 2.09. The van der Waals surface area contributed by atoms with Gasteiger partial charge in [-0.15, -0.1) is 0 Å². The Morgan fingerprint density at radius 3 is 2.50 bits per heavy atom. The highest BCUT2D eigenvalue weighted by atomic mass is 32.2. The van der Waals surface area contributed by atoms with E-state index >= 15 is 0 Å². The third-order valence-corrected chi connectivity index (χ3v) is 3.92. The smallest absolute Gasteiger partial charge is 0.257 e. The summed E-state index contributed by atoms with van der Waals surface area (Å²) < 4.78 is 22.8. The first-order valence-electron chi connectivity index (χ1n) is 6.45. The molecular weight excluding hydrogens is 306 g/mol. The Morgan fingerprint density at radius 1 is 1.23 bits per heavy atom. The molecule has 7 nitrogen and oxygen atoms in total. The lowest BCUT2D eigenvalue weighted by Crippen LogP contribution is -2.30. The Morgan fingerprint density at radius 2 is 1.91 bits per heavy atom. The number of nitrogens with two attached hydrogens (primary N) is 1. The molecule has 0 saturated carbocycles. The third-order valence-electron chi connectivity index (χ3n) is 2.99. The number of carbonyl (C=O) groups excluding carboxylic acids is 1. The summed E-state index contributed by atoms with van der Waals surface area (Å²) in [4.78, 5) is 11.9. The normalized spacial score (nSPS) is 11.1. The Labute approximate surface area is 128 Å². The van der Waals surface area contributed by atoms with Crippen molar-refractivity contribution < 1.29 is 17.9 Å². The molecule has 0 bridgehead atoms. The average molecular weight is 321 g/mol. The van der Waals surface area contributed by atoms with Crippen LogP contribution in [0.5, 0.6) is 0 Å². The summed E-state index contributed by atoms with van der Waals surface area (Å²) in [5, 5.41) is 18.8. The number of aromatic nitrogens is 1. The van der Waals surface area contributed by atoms with Crippen LogP contribution in [0.2, 0.25) is 0 Å². The molecule has 0 aliphatic rings. The standard InChI is InChI=1S/C14H15N3O4S/c15-22(20,21)13-5-3-11(4-6-13)7-8-16-14(18)12-2-1-9-17(19)10-12/h1-6,9-10H,7-8H2,(H,16,18)(H2,15,20,21). The van der Waals surface area contributed by atoms with Gasteiger partial charge in [0.2, 0.25) is 10.0 Å². The largest absolute Gasteiger partial charge is 0.619 e. The van der Waals surface area contributed by atoms with Gasteiger partial charge in [-0.25, -0.2) is 13.6 Å². The van der Waals surface area contributed by atoms with E-state index in [-0.39, 0.29) is 16.4 Å². The Bertz CT molecular complexity index is 773. The minimum absolute atomic E-state index is 0.0459. The van der Waals surface area contributed by atoms with Crippen molar-refractivity contribution in [3.8, 4) is 0 Å². The van der Waals surface area contributed by atoms with Crippen molar-refractivity contribution in [2.45, 2.75) is 11.3 Å². The number of hydrogen-bond donors (Lipinski definition) is 2. The van der Waals surface area contributed by atoms with E-state index in [0.717, 1.165) is 5.56 Å². The van der Waals surface area contributed by atoms with Gasteiger partial charge in [-0.2, -0.15) is 4.73 Å². The van der Waals surface area contributed by atoms with Crippen LogP contribution in [0.15, 0.2) is 53.7 Å². The van der Waals surface area contributed by atoms with E-state index in [4.69, 9.17) is 5.14 Å². The zero-order chi connectivity index (χ0) is 16.2. The summed E-state index contributed by atoms with van der Waals surface area (Å²) in [5.41, 5.74) is 1.14. The highest BCUT2D eigenvalue weighted by Crippen LogP contribution is 2.09. The first kappa shape index (κ1) is 15.9. The lowest BCUT2D eigenvalue weighted by molar-refractivity contribution is -0.605. The highest BCUT2D eigenvalue weighted by molar-refractivity contribution is 7.89. The fourth-order valence-corrected chi connectivity index (χ4v) is 2.37. The van der Waals surface area contributed by atoms with Gasteiger partial charge in [0, 0.05) is 12.6 Å². The molecule has 3 N–H and O–H groups in total. The lowest BCUT2D eigenvalue weighted by atomic mass is 10.1. The average Bonchev–Trinajstić information content (AvgIpc) is 2.47. The topological polar surface area (TPSA) is 116 Å². The van der Waals surface area contributed by atoms with Crippen molar-refractivity contribution in [3.63, 3.8) is 0 Å². The number of pyridine rings is 1. The number of nitrogens with zero attached hydrogens (tertiary/aromatic N) is 1. The predicted molar refractivity (Wildman–Crippen MR) is 79.3 cm³/mol. The van der Waals surface area contributed by atoms with Gasteiger partial charge in [-0.3, -0.25) is 4.79 Å². The van der Waals surface area contributed by atoms with Crippen molar-refractivity contribution in [2.75, 3.05) is 6.54 Å². The van der Waals surface area contributed by atoms with Gasteiger partial charge < -0.3 is 10.5 Å². The number of nitrogens with one attached hydrogen (secondary N) is 1. The fourth-order valence-electron chi connectivity index (χ4n) is 1.86. The molecule has 0 spiro atoms. The molecule has 0 aliphatic carbocycles. The molecule has 0 aliphatic heterocycles. The van der Waals surface area contributed by atoms with Crippen LogP contribution in [0.1, 0.15) is 15.9 Å². The summed E-state index contributed by atoms with van der Waals surface area (Å²) in [5.74, 6) is -0.341. The van der Waals surface area contributed by atoms with Gasteiger partial charge in [0.1, 0.15) is 5.56 Å². The van der Waals surface area contributed by atoms with E-state index in [2.05, 4.69) is 5.32 Å². The van der Waals surface area contributed by atoms with Crippen LogP contribution in [0.3, 0.4) is 0 Å². The Kier molecular flexibility index (Phi) is 4.74. The van der Waals surface area contributed by atoms with Crippen LogP contribution in [0.25, 0.3) is 0 Å². The van der Waals surface area contributed by atoms with Crippen LogP contribution in [-0.2, 0) is 16.4 Å². The van der Waals surface area contributed by atoms with E-state index in [1.165, 1.54) is 30.6 Å². The van der Waals surface area contributed by atoms with E-state index < -0.39 is 10.0 Å². The van der Waals surface area contributed by atoms with Crippen LogP contribution < -0.4 is 15.2 Å². The van der Waals surface area contributed by atoms with Gasteiger partial charge in [0.05, 0.1) is 4.90 Å². The van der Waals surface area contributed by atoms with E-state index in [0.29, 0.717) is 17.7 Å². The molecule has 1 aromatic heterocycles. The first-order valence-corrected chi connectivity index (χ1v) is 8.00. The van der Waals surface area contributed by atoms with Crippen LogP contribution in [0, 0.1) is 5.21 Å². The molecule has 2 aromatic rings. The molecule has 0 radical (unpaired) electrons. The van der Waals surface area contributed by atoms with E-state index in [9.17, 15) is 18.4 Å². The number of primary sulfonamides is 1. The van der Waals surface area contributed by atoms with Crippen LogP contribution >= 0.6 is 0 Å². The minimum Gasteiger partial charge on any atom is -0.619 e. The van der Waals surface area contributed by atoms with Gasteiger partial charge in [0.25, 0.3) is 5.91 Å². The summed E-state index contributed by atoms with van der Waals surface area (Å²) in [6.07, 6.45) is 3.01. The second kappa shape index (κ2) is 6.54. The van der Waals surface area contributed by atoms with Crippen molar-refractivity contribution in [2.24, 2.45) is 5.14 Å². The summed E-state index contributed by atoms with van der Waals surface area (Å²) in [6.45, 7) is 0.362. The molecule has 1 heterocycles. The maximum atomic E-state index is 11.8. The monoisotopic (exact) mass is 321 g/mol. The maximum absolute atomic E-state index is 11.8. The van der Waals surface area contributed by atoms with Crippen LogP contribution in [-0.4, -0.2) is 20.9 Å². The molecule has 0 saturated heterocycles. The third kappa shape index (κ3) is 4.27. The van der Waals surface area contributed by atoms with Gasteiger partial charge in [-0.05, 0) is 30.2 Å². The van der Waals surface area contributed by atoms with E-state index in [1.807, 2.05) is 0 Å². The zero-order valence-electron chi connectivity index (χ0n) is 11.6. The SMILES string of the molecule is NS(=O)(=O)c1ccc(CCNC(=O)c2ccc[n+]([O-])c2)cc1. The van der Waals surface area contributed by atoms with Crippen LogP contribution in [0.4, 0.5) is 0 Å². The molecule has 0 fully saturated rings. The summed E-state index contributed by atoms with van der Waals surface area (Å²) in [7, 11) is -3.70. The number of carbonyl (C=O) groups is 1. The lowest BCUT2D eigenvalue weighted by Gasteiger charge is -2.06. The van der Waals surface area contributed by atoms with Gasteiger partial charge >= 0.3 is 0 Å².